The van der Waals surface area contributed by atoms with Crippen LogP contribution in [0.15, 0.2) is 46.8 Å². The van der Waals surface area contributed by atoms with Crippen molar-refractivity contribution in [3.05, 3.63) is 57.2 Å². The lowest BCUT2D eigenvalue weighted by Gasteiger charge is -2.21. The summed E-state index contributed by atoms with van der Waals surface area (Å²) in [5.41, 5.74) is 1.04. The molecule has 2 N–H and O–H groups in total. The van der Waals surface area contributed by atoms with Gasteiger partial charge in [-0.1, -0.05) is 29.8 Å². The number of aliphatic imine (C=N–C) groups is 1. The maximum atomic E-state index is 6.05. The van der Waals surface area contributed by atoms with Crippen LogP contribution in [0.3, 0.4) is 0 Å². The van der Waals surface area contributed by atoms with Gasteiger partial charge in [0, 0.05) is 30.6 Å². The molecule has 0 saturated heterocycles. The van der Waals surface area contributed by atoms with E-state index in [1.165, 1.54) is 4.88 Å². The van der Waals surface area contributed by atoms with Gasteiger partial charge in [-0.15, -0.1) is 11.3 Å². The first-order chi connectivity index (χ1) is 11.1. The maximum Gasteiger partial charge on any atom is 0.191 e. The summed E-state index contributed by atoms with van der Waals surface area (Å²) in [6.45, 7) is 2.72. The molecule has 0 radical (unpaired) electrons. The highest BCUT2D eigenvalue weighted by Crippen LogP contribution is 2.20. The number of rotatable bonds is 6. The molecule has 2 atom stereocenters. The second-order valence-electron chi connectivity index (χ2n) is 5.11. The molecule has 1 heterocycles. The number of methoxy groups -OCH3 is 1. The van der Waals surface area contributed by atoms with Crippen LogP contribution in [0.1, 0.15) is 29.5 Å². The molecule has 0 aliphatic rings. The molecule has 6 heteroatoms. The van der Waals surface area contributed by atoms with Crippen molar-refractivity contribution in [2.24, 2.45) is 4.99 Å². The standard InChI is InChI=1S/C17H22ClN3OS/c1-12(16-8-5-9-23-16)21-17(19-2)20-11-15(22-3)13-6-4-7-14(18)10-13/h4-10,12,15H,11H2,1-3H3,(H2,19,20,21). The largest absolute Gasteiger partial charge is 0.375 e. The Hall–Kier alpha value is -1.56. The van der Waals surface area contributed by atoms with E-state index in [4.69, 9.17) is 16.3 Å². The van der Waals surface area contributed by atoms with Crippen LogP contribution >= 0.6 is 22.9 Å². The molecule has 2 unspecified atom stereocenters. The summed E-state index contributed by atoms with van der Waals surface area (Å²) in [4.78, 5) is 5.54. The first-order valence-corrected chi connectivity index (χ1v) is 8.68. The van der Waals surface area contributed by atoms with Gasteiger partial charge in [-0.2, -0.15) is 0 Å². The molecule has 1 aromatic heterocycles. The van der Waals surface area contributed by atoms with E-state index >= 15 is 0 Å². The van der Waals surface area contributed by atoms with Crippen LogP contribution < -0.4 is 10.6 Å². The number of nitrogens with one attached hydrogen (secondary N) is 2. The Kier molecular flexibility index (Phi) is 6.89. The van der Waals surface area contributed by atoms with Gasteiger partial charge >= 0.3 is 0 Å². The van der Waals surface area contributed by atoms with Gasteiger partial charge in [0.05, 0.1) is 12.1 Å². The predicted molar refractivity (Wildman–Crippen MR) is 98.4 cm³/mol. The average molecular weight is 352 g/mol. The van der Waals surface area contributed by atoms with Gasteiger partial charge in [0.1, 0.15) is 0 Å². The topological polar surface area (TPSA) is 45.7 Å². The van der Waals surface area contributed by atoms with Crippen molar-refractivity contribution in [2.45, 2.75) is 19.1 Å². The van der Waals surface area contributed by atoms with Crippen molar-refractivity contribution in [1.82, 2.24) is 10.6 Å². The summed E-state index contributed by atoms with van der Waals surface area (Å²) in [5.74, 6) is 0.745. The normalized spacial score (nSPS) is 14.3. The van der Waals surface area contributed by atoms with Crippen LogP contribution in [0.2, 0.25) is 5.02 Å². The van der Waals surface area contributed by atoms with Gasteiger partial charge in [0.15, 0.2) is 5.96 Å². The molecule has 0 aliphatic heterocycles. The minimum Gasteiger partial charge on any atom is -0.375 e. The molecule has 0 saturated carbocycles. The molecule has 1 aromatic carbocycles. The molecule has 0 amide bonds. The fourth-order valence-corrected chi connectivity index (χ4v) is 3.18. The molecule has 0 bridgehead atoms. The summed E-state index contributed by atoms with van der Waals surface area (Å²) in [6.07, 6.45) is -0.0932. The Morgan fingerprint density at radius 2 is 2.17 bits per heavy atom. The van der Waals surface area contributed by atoms with Gasteiger partial charge in [0.2, 0.25) is 0 Å². The Morgan fingerprint density at radius 3 is 2.78 bits per heavy atom. The van der Waals surface area contributed by atoms with Crippen LogP contribution in [0.25, 0.3) is 0 Å². The number of nitrogens with zero attached hydrogens (tertiary/aromatic N) is 1. The van der Waals surface area contributed by atoms with Crippen LogP contribution in [-0.2, 0) is 4.74 Å². The minimum atomic E-state index is -0.0932. The molecular weight excluding hydrogens is 330 g/mol. The van der Waals surface area contributed by atoms with Crippen molar-refractivity contribution in [3.8, 4) is 0 Å². The molecule has 0 spiro atoms. The molecule has 0 fully saturated rings. The second kappa shape index (κ2) is 8.91. The van der Waals surface area contributed by atoms with Gasteiger partial charge in [0.25, 0.3) is 0 Å². The quantitative estimate of drug-likeness (QED) is 0.610. The fraction of sp³-hybridized carbons (Fsp3) is 0.353. The Bertz CT molecular complexity index is 631. The number of ether oxygens (including phenoxy) is 1. The lowest BCUT2D eigenvalue weighted by atomic mass is 10.1. The molecule has 2 rings (SSSR count). The minimum absolute atomic E-state index is 0.0932. The number of thiophene rings is 1. The van der Waals surface area contributed by atoms with Crippen LogP contribution in [0, 0.1) is 0 Å². The third-order valence-electron chi connectivity index (χ3n) is 3.51. The Morgan fingerprint density at radius 1 is 1.35 bits per heavy atom. The zero-order chi connectivity index (χ0) is 16.7. The predicted octanol–water partition coefficient (Wildman–Crippen LogP) is 4.02. The lowest BCUT2D eigenvalue weighted by Crippen LogP contribution is -2.40. The van der Waals surface area contributed by atoms with Crippen molar-refractivity contribution in [2.75, 3.05) is 20.7 Å². The van der Waals surface area contributed by atoms with Gasteiger partial charge < -0.3 is 15.4 Å². The molecule has 4 nitrogen and oxygen atoms in total. The van der Waals surface area contributed by atoms with E-state index in [1.807, 2.05) is 24.3 Å². The van der Waals surface area contributed by atoms with Crippen LogP contribution in [0.5, 0.6) is 0 Å². The van der Waals surface area contributed by atoms with E-state index < -0.39 is 0 Å². The van der Waals surface area contributed by atoms with Crippen molar-refractivity contribution < 1.29 is 4.74 Å². The zero-order valence-corrected chi connectivity index (χ0v) is 15.1. The van der Waals surface area contributed by atoms with Gasteiger partial charge in [-0.3, -0.25) is 4.99 Å². The molecule has 124 valence electrons. The smallest absolute Gasteiger partial charge is 0.191 e. The van der Waals surface area contributed by atoms with E-state index in [9.17, 15) is 0 Å². The SMILES string of the molecule is CN=C(NCC(OC)c1cccc(Cl)c1)NC(C)c1cccs1. The molecule has 2 aromatic rings. The molecular formula is C17H22ClN3OS. The highest BCUT2D eigenvalue weighted by molar-refractivity contribution is 7.10. The maximum absolute atomic E-state index is 6.05. The highest BCUT2D eigenvalue weighted by atomic mass is 35.5. The summed E-state index contributed by atoms with van der Waals surface area (Å²) < 4.78 is 5.56. The van der Waals surface area contributed by atoms with E-state index in [1.54, 1.807) is 25.5 Å². The van der Waals surface area contributed by atoms with Crippen molar-refractivity contribution >= 4 is 28.9 Å². The second-order valence-corrected chi connectivity index (χ2v) is 6.53. The van der Waals surface area contributed by atoms with Crippen molar-refractivity contribution in [1.29, 1.82) is 0 Å². The van der Waals surface area contributed by atoms with E-state index in [0.717, 1.165) is 11.5 Å². The number of hydrogen-bond donors (Lipinski definition) is 2. The first-order valence-electron chi connectivity index (χ1n) is 7.43. The lowest BCUT2D eigenvalue weighted by molar-refractivity contribution is 0.106. The van der Waals surface area contributed by atoms with Gasteiger partial charge in [-0.25, -0.2) is 0 Å². The average Bonchev–Trinajstić information content (AvgIpc) is 3.09. The van der Waals surface area contributed by atoms with E-state index in [-0.39, 0.29) is 12.1 Å². The first kappa shape index (κ1) is 17.8. The summed E-state index contributed by atoms with van der Waals surface area (Å²) in [7, 11) is 3.45. The van der Waals surface area contributed by atoms with E-state index in [0.29, 0.717) is 11.6 Å². The molecule has 0 aliphatic carbocycles. The number of halogens is 1. The fourth-order valence-electron chi connectivity index (χ4n) is 2.24. The third-order valence-corrected chi connectivity index (χ3v) is 4.80. The van der Waals surface area contributed by atoms with Gasteiger partial charge in [-0.05, 0) is 36.1 Å². The van der Waals surface area contributed by atoms with Crippen molar-refractivity contribution in [3.63, 3.8) is 0 Å². The Labute approximate surface area is 146 Å². The van der Waals surface area contributed by atoms with Crippen LogP contribution in [-0.4, -0.2) is 26.7 Å². The number of guanidine groups is 1. The summed E-state index contributed by atoms with van der Waals surface area (Å²) in [5, 5.41) is 9.47. The third kappa shape index (κ3) is 5.23. The monoisotopic (exact) mass is 351 g/mol. The summed E-state index contributed by atoms with van der Waals surface area (Å²) >= 11 is 7.78. The van der Waals surface area contributed by atoms with Crippen LogP contribution in [0.4, 0.5) is 0 Å². The molecule has 23 heavy (non-hydrogen) atoms. The number of hydrogen-bond acceptors (Lipinski definition) is 3. The Balaban J connectivity index is 1.93. The zero-order valence-electron chi connectivity index (χ0n) is 13.5. The van der Waals surface area contributed by atoms with E-state index in [2.05, 4.69) is 40.1 Å². The number of benzene rings is 1. The highest BCUT2D eigenvalue weighted by Gasteiger charge is 2.13. The summed E-state index contributed by atoms with van der Waals surface area (Å²) in [6, 6.07) is 12.1.